The van der Waals surface area contributed by atoms with Gasteiger partial charge in [-0.3, -0.25) is 4.79 Å². The first kappa shape index (κ1) is 23.0. The molecule has 0 aromatic heterocycles. The highest BCUT2D eigenvalue weighted by Crippen LogP contribution is 2.23. The number of carbonyl (C=O) groups is 1. The molecule has 0 bridgehead atoms. The zero-order valence-corrected chi connectivity index (χ0v) is 17.0. The zero-order chi connectivity index (χ0) is 21.8. The molecular formula is C18H18ClF3N2O4S. The van der Waals surface area contributed by atoms with Crippen molar-refractivity contribution >= 4 is 27.5 Å². The Morgan fingerprint density at radius 2 is 1.76 bits per heavy atom. The van der Waals surface area contributed by atoms with Gasteiger partial charge in [-0.15, -0.1) is 13.2 Å². The highest BCUT2D eigenvalue weighted by Gasteiger charge is 2.30. The number of hydrogen-bond acceptors (Lipinski definition) is 4. The minimum Gasteiger partial charge on any atom is -0.406 e. The van der Waals surface area contributed by atoms with Gasteiger partial charge in [0.1, 0.15) is 5.75 Å². The van der Waals surface area contributed by atoms with Crippen LogP contribution in [0.25, 0.3) is 0 Å². The second kappa shape index (κ2) is 9.02. The number of sulfonamides is 1. The van der Waals surface area contributed by atoms with Crippen LogP contribution in [-0.2, 0) is 16.4 Å². The van der Waals surface area contributed by atoms with Gasteiger partial charge in [0.25, 0.3) is 5.91 Å². The predicted molar refractivity (Wildman–Crippen MR) is 101 cm³/mol. The van der Waals surface area contributed by atoms with Gasteiger partial charge in [0.2, 0.25) is 10.0 Å². The molecule has 1 N–H and O–H groups in total. The molecule has 0 saturated carbocycles. The van der Waals surface area contributed by atoms with E-state index in [9.17, 15) is 26.4 Å². The lowest BCUT2D eigenvalue weighted by Gasteiger charge is -2.13. The molecule has 0 spiro atoms. The molecule has 0 aliphatic carbocycles. The maximum absolute atomic E-state index is 12.4. The molecule has 2 aromatic rings. The van der Waals surface area contributed by atoms with Crippen molar-refractivity contribution in [2.45, 2.75) is 17.7 Å². The van der Waals surface area contributed by atoms with Gasteiger partial charge in [0.05, 0.1) is 15.5 Å². The zero-order valence-electron chi connectivity index (χ0n) is 15.5. The highest BCUT2D eigenvalue weighted by atomic mass is 35.5. The number of rotatable bonds is 7. The maximum Gasteiger partial charge on any atom is 0.573 e. The largest absolute Gasteiger partial charge is 0.573 e. The number of ether oxygens (including phenoxy) is 1. The maximum atomic E-state index is 12.4. The summed E-state index contributed by atoms with van der Waals surface area (Å²) in [4.78, 5) is 12.3. The van der Waals surface area contributed by atoms with E-state index in [-0.39, 0.29) is 27.8 Å². The van der Waals surface area contributed by atoms with Gasteiger partial charge in [0.15, 0.2) is 0 Å². The van der Waals surface area contributed by atoms with Gasteiger partial charge in [-0.1, -0.05) is 23.7 Å². The second-order valence-electron chi connectivity index (χ2n) is 6.13. The summed E-state index contributed by atoms with van der Waals surface area (Å²) in [5.41, 5.74) is 0.679. The molecule has 0 saturated heterocycles. The monoisotopic (exact) mass is 450 g/mol. The van der Waals surface area contributed by atoms with E-state index in [2.05, 4.69) is 10.1 Å². The lowest BCUT2D eigenvalue weighted by atomic mass is 10.1. The minimum absolute atomic E-state index is 0.00326. The van der Waals surface area contributed by atoms with Crippen molar-refractivity contribution in [1.29, 1.82) is 0 Å². The molecule has 0 aliphatic rings. The third-order valence-electron chi connectivity index (χ3n) is 3.82. The fourth-order valence-electron chi connectivity index (χ4n) is 2.32. The summed E-state index contributed by atoms with van der Waals surface area (Å²) in [6.45, 7) is 0.166. The molecular weight excluding hydrogens is 433 g/mol. The molecule has 0 unspecified atom stereocenters. The van der Waals surface area contributed by atoms with Crippen molar-refractivity contribution in [2.24, 2.45) is 0 Å². The molecule has 0 heterocycles. The van der Waals surface area contributed by atoms with Gasteiger partial charge in [0, 0.05) is 20.6 Å². The van der Waals surface area contributed by atoms with Crippen LogP contribution in [0.3, 0.4) is 0 Å². The van der Waals surface area contributed by atoms with Gasteiger partial charge < -0.3 is 10.1 Å². The van der Waals surface area contributed by atoms with Crippen LogP contribution in [0.1, 0.15) is 15.9 Å². The van der Waals surface area contributed by atoms with Crippen LogP contribution in [0.4, 0.5) is 13.2 Å². The number of carbonyl (C=O) groups excluding carboxylic acids is 1. The van der Waals surface area contributed by atoms with E-state index in [4.69, 9.17) is 11.6 Å². The van der Waals surface area contributed by atoms with Gasteiger partial charge in [-0.25, -0.2) is 12.7 Å². The van der Waals surface area contributed by atoms with Crippen molar-refractivity contribution in [2.75, 3.05) is 20.6 Å². The van der Waals surface area contributed by atoms with E-state index in [0.717, 1.165) is 4.31 Å². The van der Waals surface area contributed by atoms with Gasteiger partial charge in [-0.05, 0) is 42.3 Å². The Hall–Kier alpha value is -2.30. The van der Waals surface area contributed by atoms with E-state index in [0.29, 0.717) is 12.0 Å². The van der Waals surface area contributed by atoms with Crippen molar-refractivity contribution in [1.82, 2.24) is 9.62 Å². The number of alkyl halides is 3. The van der Waals surface area contributed by atoms with Crippen molar-refractivity contribution in [3.8, 4) is 5.75 Å². The van der Waals surface area contributed by atoms with Crippen LogP contribution in [0, 0.1) is 0 Å². The predicted octanol–water partition coefficient (Wildman–Crippen LogP) is 3.46. The number of benzene rings is 2. The number of hydrogen-bond donors (Lipinski definition) is 1. The number of nitrogens with zero attached hydrogens (tertiary/aromatic N) is 1. The van der Waals surface area contributed by atoms with Crippen LogP contribution < -0.4 is 10.1 Å². The molecule has 0 aliphatic heterocycles. The summed E-state index contributed by atoms with van der Waals surface area (Å²) in [5, 5.41) is 2.70. The van der Waals surface area contributed by atoms with E-state index < -0.39 is 22.3 Å². The molecule has 29 heavy (non-hydrogen) atoms. The number of nitrogens with one attached hydrogen (secondary N) is 1. The van der Waals surface area contributed by atoms with Crippen LogP contribution in [0.5, 0.6) is 5.75 Å². The minimum atomic E-state index is -4.76. The summed E-state index contributed by atoms with van der Waals surface area (Å²) in [5.74, 6) is -0.904. The topological polar surface area (TPSA) is 75.7 Å². The summed E-state index contributed by atoms with van der Waals surface area (Å²) in [7, 11) is -0.988. The molecule has 0 fully saturated rings. The first-order valence-corrected chi connectivity index (χ1v) is 10.1. The van der Waals surface area contributed by atoms with Crippen molar-refractivity contribution in [3.05, 3.63) is 58.6 Å². The van der Waals surface area contributed by atoms with Crippen molar-refractivity contribution in [3.63, 3.8) is 0 Å². The molecule has 0 atom stereocenters. The summed E-state index contributed by atoms with van der Waals surface area (Å²) in [6.07, 6.45) is -4.42. The molecule has 6 nitrogen and oxygen atoms in total. The Morgan fingerprint density at radius 1 is 1.14 bits per heavy atom. The van der Waals surface area contributed by atoms with Crippen LogP contribution in [0.15, 0.2) is 47.4 Å². The SMILES string of the molecule is CN(C)S(=O)(=O)c1ccc(Cl)c(C(=O)NCCc2ccc(OC(F)(F)F)cc2)c1. The Kier molecular flexibility index (Phi) is 7.15. The van der Waals surface area contributed by atoms with Crippen LogP contribution in [0.2, 0.25) is 5.02 Å². The summed E-state index contributed by atoms with van der Waals surface area (Å²) < 4.78 is 65.7. The van der Waals surface area contributed by atoms with E-state index >= 15 is 0 Å². The quantitative estimate of drug-likeness (QED) is 0.701. The van der Waals surface area contributed by atoms with Gasteiger partial charge in [-0.2, -0.15) is 0 Å². The Labute approximate surface area is 171 Å². The lowest BCUT2D eigenvalue weighted by Crippen LogP contribution is -2.27. The third-order valence-corrected chi connectivity index (χ3v) is 5.96. The Bertz CT molecular complexity index is 978. The average molecular weight is 451 g/mol. The lowest BCUT2D eigenvalue weighted by molar-refractivity contribution is -0.274. The van der Waals surface area contributed by atoms with E-state index in [1.807, 2.05) is 0 Å². The summed E-state index contributed by atoms with van der Waals surface area (Å²) in [6, 6.07) is 9.07. The Morgan fingerprint density at radius 3 is 2.31 bits per heavy atom. The number of amides is 1. The first-order valence-electron chi connectivity index (χ1n) is 8.25. The molecule has 2 rings (SSSR count). The standard InChI is InChI=1S/C18H18ClF3N2O4S/c1-24(2)29(26,27)14-7-8-16(19)15(11-14)17(25)23-10-9-12-3-5-13(6-4-12)28-18(20,21)22/h3-8,11H,9-10H2,1-2H3,(H,23,25). The van der Waals surface area contributed by atoms with Gasteiger partial charge >= 0.3 is 6.36 Å². The van der Waals surface area contributed by atoms with Crippen molar-refractivity contribution < 1.29 is 31.1 Å². The fraction of sp³-hybridized carbons (Fsp3) is 0.278. The smallest absolute Gasteiger partial charge is 0.406 e. The fourth-order valence-corrected chi connectivity index (χ4v) is 3.45. The molecule has 158 valence electrons. The number of halogens is 4. The molecule has 2 aromatic carbocycles. The second-order valence-corrected chi connectivity index (χ2v) is 8.69. The average Bonchev–Trinajstić information content (AvgIpc) is 2.62. The summed E-state index contributed by atoms with van der Waals surface area (Å²) >= 11 is 6.01. The molecule has 0 radical (unpaired) electrons. The van der Waals surface area contributed by atoms with Crippen LogP contribution >= 0.6 is 11.6 Å². The first-order chi connectivity index (χ1) is 13.4. The highest BCUT2D eigenvalue weighted by molar-refractivity contribution is 7.89. The third kappa shape index (κ3) is 6.34. The Balaban J connectivity index is 2.01. The van der Waals surface area contributed by atoms with E-state index in [1.54, 1.807) is 0 Å². The molecule has 11 heteroatoms. The molecule has 1 amide bonds. The van der Waals surface area contributed by atoms with E-state index in [1.165, 1.54) is 56.6 Å². The normalized spacial score (nSPS) is 12.1. The van der Waals surface area contributed by atoms with Crippen LogP contribution in [-0.4, -0.2) is 45.6 Å².